The van der Waals surface area contributed by atoms with Gasteiger partial charge in [-0.25, -0.2) is 12.8 Å². The molecule has 0 atom stereocenters. The number of amides is 2. The van der Waals surface area contributed by atoms with Crippen LogP contribution in [0.4, 0.5) is 15.8 Å². The van der Waals surface area contributed by atoms with Crippen molar-refractivity contribution in [2.75, 3.05) is 22.6 Å². The largest absolute Gasteiger partial charge is 0.325 e. The fourth-order valence-electron chi connectivity index (χ4n) is 2.85. The predicted molar refractivity (Wildman–Crippen MR) is 124 cm³/mol. The van der Waals surface area contributed by atoms with Crippen LogP contribution in [0.25, 0.3) is 0 Å². The van der Waals surface area contributed by atoms with Crippen LogP contribution in [-0.2, 0) is 14.6 Å². The Kier molecular flexibility index (Phi) is 7.32. The number of hydrogen-bond donors (Lipinski definition) is 2. The van der Waals surface area contributed by atoms with Crippen molar-refractivity contribution < 1.29 is 22.4 Å². The molecule has 3 aromatic carbocycles. The molecule has 0 unspecified atom stereocenters. The molecule has 166 valence electrons. The molecule has 0 aliphatic carbocycles. The van der Waals surface area contributed by atoms with Gasteiger partial charge in [0.25, 0.3) is 5.91 Å². The standard InChI is InChI=1S/C23H21FN2O4S2/c1-15-12-17(25-22(27)14-31-21-9-4-3-8-19(21)24)10-11-20(15)26-23(28)16-6-5-7-18(13-16)32(2,29)30/h3-13H,14H2,1-2H3,(H,25,27)(H,26,28). The molecule has 0 radical (unpaired) electrons. The van der Waals surface area contributed by atoms with Crippen molar-refractivity contribution in [3.8, 4) is 0 Å². The Balaban J connectivity index is 1.63. The van der Waals surface area contributed by atoms with Gasteiger partial charge in [-0.05, 0) is 61.0 Å². The molecule has 0 saturated heterocycles. The van der Waals surface area contributed by atoms with E-state index in [1.165, 1.54) is 30.3 Å². The molecule has 3 aromatic rings. The molecule has 0 fully saturated rings. The third-order valence-corrected chi connectivity index (χ3v) is 6.64. The zero-order valence-electron chi connectivity index (χ0n) is 17.4. The summed E-state index contributed by atoms with van der Waals surface area (Å²) in [6.07, 6.45) is 1.08. The van der Waals surface area contributed by atoms with E-state index < -0.39 is 15.7 Å². The summed E-state index contributed by atoms with van der Waals surface area (Å²) in [5.41, 5.74) is 1.99. The second-order valence-electron chi connectivity index (χ2n) is 7.05. The quantitative estimate of drug-likeness (QED) is 0.493. The zero-order chi connectivity index (χ0) is 23.3. The van der Waals surface area contributed by atoms with Gasteiger partial charge in [0.05, 0.1) is 10.6 Å². The summed E-state index contributed by atoms with van der Waals surface area (Å²) in [6, 6.07) is 17.0. The number of halogens is 1. The van der Waals surface area contributed by atoms with Gasteiger partial charge in [-0.3, -0.25) is 9.59 Å². The highest BCUT2D eigenvalue weighted by molar-refractivity contribution is 8.00. The van der Waals surface area contributed by atoms with Gasteiger partial charge in [0.1, 0.15) is 5.82 Å². The number of benzene rings is 3. The van der Waals surface area contributed by atoms with Gasteiger partial charge in [0.2, 0.25) is 5.91 Å². The maximum atomic E-state index is 13.7. The average Bonchev–Trinajstić information content (AvgIpc) is 2.74. The molecule has 6 nitrogen and oxygen atoms in total. The second-order valence-corrected chi connectivity index (χ2v) is 10.1. The van der Waals surface area contributed by atoms with Crippen molar-refractivity contribution in [1.29, 1.82) is 0 Å². The van der Waals surface area contributed by atoms with E-state index in [0.717, 1.165) is 18.0 Å². The van der Waals surface area contributed by atoms with Crippen LogP contribution in [0.3, 0.4) is 0 Å². The maximum Gasteiger partial charge on any atom is 0.255 e. The molecule has 0 aliphatic heterocycles. The van der Waals surface area contributed by atoms with E-state index in [0.29, 0.717) is 21.8 Å². The Labute approximate surface area is 190 Å². The molecule has 2 N–H and O–H groups in total. The van der Waals surface area contributed by atoms with E-state index in [2.05, 4.69) is 10.6 Å². The van der Waals surface area contributed by atoms with Gasteiger partial charge in [-0.1, -0.05) is 18.2 Å². The zero-order valence-corrected chi connectivity index (χ0v) is 19.0. The minimum atomic E-state index is -3.42. The molecule has 0 aromatic heterocycles. The molecule has 0 bridgehead atoms. The van der Waals surface area contributed by atoms with E-state index in [-0.39, 0.29) is 27.9 Å². The normalized spacial score (nSPS) is 11.1. The first-order chi connectivity index (χ1) is 15.1. The van der Waals surface area contributed by atoms with Crippen LogP contribution in [-0.4, -0.2) is 32.2 Å². The predicted octanol–water partition coefficient (Wildman–Crippen LogP) is 4.52. The fraction of sp³-hybridized carbons (Fsp3) is 0.130. The lowest BCUT2D eigenvalue weighted by Crippen LogP contribution is -2.15. The van der Waals surface area contributed by atoms with Crippen LogP contribution in [0.2, 0.25) is 0 Å². The van der Waals surface area contributed by atoms with Crippen LogP contribution in [0, 0.1) is 12.7 Å². The summed E-state index contributed by atoms with van der Waals surface area (Å²) in [5.74, 6) is -1.05. The Morgan fingerprint density at radius 2 is 1.72 bits per heavy atom. The number of rotatable bonds is 7. The molecule has 0 heterocycles. The summed E-state index contributed by atoms with van der Waals surface area (Å²) in [7, 11) is -3.42. The fourth-order valence-corrected chi connectivity index (χ4v) is 4.25. The third kappa shape index (κ3) is 6.18. The highest BCUT2D eigenvalue weighted by atomic mass is 32.2. The van der Waals surface area contributed by atoms with E-state index in [4.69, 9.17) is 0 Å². The minimum absolute atomic E-state index is 0.0507. The van der Waals surface area contributed by atoms with Gasteiger partial charge in [0.15, 0.2) is 9.84 Å². The number of nitrogens with one attached hydrogen (secondary N) is 2. The van der Waals surface area contributed by atoms with Crippen molar-refractivity contribution in [2.24, 2.45) is 0 Å². The lowest BCUT2D eigenvalue weighted by atomic mass is 10.1. The molecule has 32 heavy (non-hydrogen) atoms. The highest BCUT2D eigenvalue weighted by Gasteiger charge is 2.13. The molecule has 0 aliphatic rings. The number of carbonyl (C=O) groups is 2. The Hall–Kier alpha value is -3.17. The molecule has 3 rings (SSSR count). The smallest absolute Gasteiger partial charge is 0.255 e. The molecular weight excluding hydrogens is 451 g/mol. The van der Waals surface area contributed by atoms with E-state index in [9.17, 15) is 22.4 Å². The number of anilines is 2. The minimum Gasteiger partial charge on any atom is -0.325 e. The number of hydrogen-bond acceptors (Lipinski definition) is 5. The number of aryl methyl sites for hydroxylation is 1. The van der Waals surface area contributed by atoms with Crippen molar-refractivity contribution in [1.82, 2.24) is 0 Å². The third-order valence-electron chi connectivity index (χ3n) is 4.48. The van der Waals surface area contributed by atoms with Crippen molar-refractivity contribution in [2.45, 2.75) is 16.7 Å². The molecule has 2 amide bonds. The van der Waals surface area contributed by atoms with E-state index in [1.54, 1.807) is 43.3 Å². The first-order valence-electron chi connectivity index (χ1n) is 9.53. The monoisotopic (exact) mass is 472 g/mol. The number of thioether (sulfide) groups is 1. The van der Waals surface area contributed by atoms with Crippen molar-refractivity contribution in [3.05, 3.63) is 83.7 Å². The molecule has 0 spiro atoms. The first-order valence-corrected chi connectivity index (χ1v) is 12.4. The number of carbonyl (C=O) groups excluding carboxylic acids is 2. The van der Waals surface area contributed by atoms with E-state index >= 15 is 0 Å². The van der Waals surface area contributed by atoms with E-state index in [1.807, 2.05) is 0 Å². The van der Waals surface area contributed by atoms with Crippen LogP contribution in [0.1, 0.15) is 15.9 Å². The van der Waals surface area contributed by atoms with Gasteiger partial charge < -0.3 is 10.6 Å². The Morgan fingerprint density at radius 3 is 2.41 bits per heavy atom. The second kappa shape index (κ2) is 9.97. The SMILES string of the molecule is Cc1cc(NC(=O)CSc2ccccc2F)ccc1NC(=O)c1cccc(S(C)(=O)=O)c1. The molecular formula is C23H21FN2O4S2. The summed E-state index contributed by atoms with van der Waals surface area (Å²) in [5, 5.41) is 5.49. The Bertz CT molecular complexity index is 1280. The van der Waals surface area contributed by atoms with Gasteiger partial charge in [0, 0.05) is 28.1 Å². The van der Waals surface area contributed by atoms with Crippen LogP contribution < -0.4 is 10.6 Å². The van der Waals surface area contributed by atoms with Crippen molar-refractivity contribution in [3.63, 3.8) is 0 Å². The summed E-state index contributed by atoms with van der Waals surface area (Å²) in [4.78, 5) is 25.2. The molecule has 0 saturated carbocycles. The molecule has 9 heteroatoms. The summed E-state index contributed by atoms with van der Waals surface area (Å²) >= 11 is 1.10. The maximum absolute atomic E-state index is 13.7. The highest BCUT2D eigenvalue weighted by Crippen LogP contribution is 2.23. The Morgan fingerprint density at radius 1 is 0.969 bits per heavy atom. The van der Waals surface area contributed by atoms with Crippen molar-refractivity contribution >= 4 is 44.8 Å². The van der Waals surface area contributed by atoms with Gasteiger partial charge in [-0.2, -0.15) is 0 Å². The summed E-state index contributed by atoms with van der Waals surface area (Å²) in [6.45, 7) is 1.77. The van der Waals surface area contributed by atoms with Gasteiger partial charge in [-0.15, -0.1) is 11.8 Å². The lowest BCUT2D eigenvalue weighted by molar-refractivity contribution is -0.113. The average molecular weight is 473 g/mol. The topological polar surface area (TPSA) is 92.3 Å². The number of sulfone groups is 1. The summed E-state index contributed by atoms with van der Waals surface area (Å²) < 4.78 is 37.1. The van der Waals surface area contributed by atoms with Gasteiger partial charge >= 0.3 is 0 Å². The first kappa shape index (κ1) is 23.5. The van der Waals surface area contributed by atoms with Crippen LogP contribution >= 0.6 is 11.8 Å². The lowest BCUT2D eigenvalue weighted by Gasteiger charge is -2.12. The van der Waals surface area contributed by atoms with Crippen LogP contribution in [0.15, 0.2) is 76.5 Å². The van der Waals surface area contributed by atoms with Crippen LogP contribution in [0.5, 0.6) is 0 Å².